The minimum Gasteiger partial charge on any atom is -0.320 e. The maximum Gasteiger partial charge on any atom is 0.258 e. The summed E-state index contributed by atoms with van der Waals surface area (Å²) in [6.45, 7) is 2.11. The van der Waals surface area contributed by atoms with E-state index in [0.717, 1.165) is 17.3 Å². The fourth-order valence-corrected chi connectivity index (χ4v) is 3.81. The lowest BCUT2D eigenvalue weighted by Gasteiger charge is -1.96. The van der Waals surface area contributed by atoms with E-state index >= 15 is 0 Å². The van der Waals surface area contributed by atoms with Crippen LogP contribution in [0.5, 0.6) is 0 Å². The van der Waals surface area contributed by atoms with Gasteiger partial charge in [0.2, 0.25) is 0 Å². The molecule has 2 aromatic heterocycles. The Morgan fingerprint density at radius 3 is 3.10 bits per heavy atom. The Labute approximate surface area is 121 Å². The van der Waals surface area contributed by atoms with Crippen molar-refractivity contribution in [1.82, 2.24) is 4.98 Å². The summed E-state index contributed by atoms with van der Waals surface area (Å²) in [6, 6.07) is 5.99. The van der Waals surface area contributed by atoms with E-state index in [1.165, 1.54) is 28.2 Å². The molecule has 1 aliphatic carbocycles. The van der Waals surface area contributed by atoms with Gasteiger partial charge in [-0.3, -0.25) is 9.78 Å². The molecular formula is C16H14N2OS. The summed E-state index contributed by atoms with van der Waals surface area (Å²) in [7, 11) is 0. The van der Waals surface area contributed by atoms with Crippen molar-refractivity contribution in [3.05, 3.63) is 45.4 Å². The number of anilines is 1. The second kappa shape index (κ2) is 4.28. The van der Waals surface area contributed by atoms with Crippen LogP contribution in [-0.2, 0) is 4.79 Å². The third-order valence-corrected chi connectivity index (χ3v) is 5.13. The summed E-state index contributed by atoms with van der Waals surface area (Å²) in [6.07, 6.45) is 6.32. The van der Waals surface area contributed by atoms with E-state index in [2.05, 4.69) is 23.3 Å². The van der Waals surface area contributed by atoms with Crippen LogP contribution in [-0.4, -0.2) is 10.9 Å². The lowest BCUT2D eigenvalue weighted by atomic mass is 10.1. The lowest BCUT2D eigenvalue weighted by molar-refractivity contribution is -0.110. The molecule has 1 amide bonds. The first-order valence-electron chi connectivity index (χ1n) is 6.81. The van der Waals surface area contributed by atoms with Gasteiger partial charge in [0.05, 0.1) is 17.0 Å². The highest BCUT2D eigenvalue weighted by molar-refractivity contribution is 7.13. The van der Waals surface area contributed by atoms with E-state index in [1.54, 1.807) is 6.20 Å². The first kappa shape index (κ1) is 11.9. The predicted octanol–water partition coefficient (Wildman–Crippen LogP) is 3.82. The Morgan fingerprint density at radius 2 is 2.30 bits per heavy atom. The Kier molecular flexibility index (Phi) is 2.54. The molecule has 0 radical (unpaired) electrons. The van der Waals surface area contributed by atoms with Gasteiger partial charge < -0.3 is 5.32 Å². The molecule has 0 saturated heterocycles. The molecule has 20 heavy (non-hydrogen) atoms. The Bertz CT molecular complexity index is 741. The van der Waals surface area contributed by atoms with Gasteiger partial charge in [0.15, 0.2) is 0 Å². The van der Waals surface area contributed by atoms with E-state index in [1.807, 2.05) is 29.5 Å². The molecule has 2 aromatic rings. The maximum absolute atomic E-state index is 12.1. The summed E-state index contributed by atoms with van der Waals surface area (Å²) in [5.74, 6) is 0.702. The number of hydrogen-bond donors (Lipinski definition) is 1. The van der Waals surface area contributed by atoms with E-state index in [4.69, 9.17) is 0 Å². The molecule has 0 bridgehead atoms. The number of nitrogens with one attached hydrogen (secondary N) is 1. The number of amides is 1. The van der Waals surface area contributed by atoms with Gasteiger partial charge in [-0.2, -0.15) is 0 Å². The third-order valence-electron chi connectivity index (χ3n) is 3.79. The molecule has 0 aromatic carbocycles. The van der Waals surface area contributed by atoms with Crippen LogP contribution < -0.4 is 5.32 Å². The van der Waals surface area contributed by atoms with Crippen molar-refractivity contribution in [1.29, 1.82) is 0 Å². The smallest absolute Gasteiger partial charge is 0.258 e. The van der Waals surface area contributed by atoms with Crippen molar-refractivity contribution in [3.8, 4) is 0 Å². The van der Waals surface area contributed by atoms with E-state index in [0.29, 0.717) is 5.57 Å². The normalized spacial score (nSPS) is 19.2. The first-order chi connectivity index (χ1) is 9.72. The SMILES string of the molecule is Cc1cc(C2CC2)sc1C=C1C(=O)Nc2cccnc21. The van der Waals surface area contributed by atoms with Gasteiger partial charge in [-0.15, -0.1) is 11.3 Å². The van der Waals surface area contributed by atoms with Gasteiger partial charge in [-0.1, -0.05) is 0 Å². The second-order valence-electron chi connectivity index (χ2n) is 5.38. The van der Waals surface area contributed by atoms with Crippen LogP contribution in [0.3, 0.4) is 0 Å². The van der Waals surface area contributed by atoms with E-state index in [9.17, 15) is 4.79 Å². The Hall–Kier alpha value is -1.94. The summed E-state index contributed by atoms with van der Waals surface area (Å²) in [4.78, 5) is 19.0. The molecule has 3 nitrogen and oxygen atoms in total. The van der Waals surface area contributed by atoms with Gasteiger partial charge in [0, 0.05) is 16.0 Å². The molecule has 100 valence electrons. The highest BCUT2D eigenvalue weighted by atomic mass is 32.1. The molecule has 1 fully saturated rings. The zero-order valence-electron chi connectivity index (χ0n) is 11.1. The maximum atomic E-state index is 12.1. The molecule has 2 aliphatic rings. The number of aryl methyl sites for hydroxylation is 1. The monoisotopic (exact) mass is 282 g/mol. The molecule has 0 unspecified atom stereocenters. The van der Waals surface area contributed by atoms with Crippen LogP contribution in [0.4, 0.5) is 5.69 Å². The highest BCUT2D eigenvalue weighted by Gasteiger charge is 2.28. The molecule has 0 spiro atoms. The molecule has 1 N–H and O–H groups in total. The van der Waals surface area contributed by atoms with Crippen LogP contribution in [0.2, 0.25) is 0 Å². The summed E-state index contributed by atoms with van der Waals surface area (Å²) in [5, 5.41) is 2.86. The van der Waals surface area contributed by atoms with Gasteiger partial charge in [-0.25, -0.2) is 0 Å². The molecule has 4 heteroatoms. The fourth-order valence-electron chi connectivity index (χ4n) is 2.52. The number of carbonyl (C=O) groups excluding carboxylic acids is 1. The number of carbonyl (C=O) groups is 1. The minimum atomic E-state index is -0.0560. The lowest BCUT2D eigenvalue weighted by Crippen LogP contribution is -2.03. The topological polar surface area (TPSA) is 42.0 Å². The van der Waals surface area contributed by atoms with Crippen LogP contribution in [0.25, 0.3) is 11.6 Å². The van der Waals surface area contributed by atoms with E-state index < -0.39 is 0 Å². The number of nitrogens with zero attached hydrogens (tertiary/aromatic N) is 1. The quantitative estimate of drug-likeness (QED) is 0.851. The van der Waals surface area contributed by atoms with Crippen molar-refractivity contribution in [2.75, 3.05) is 5.32 Å². The Balaban J connectivity index is 1.78. The largest absolute Gasteiger partial charge is 0.320 e. The number of thiophene rings is 1. The first-order valence-corrected chi connectivity index (χ1v) is 7.63. The van der Waals surface area contributed by atoms with Crippen molar-refractivity contribution in [2.24, 2.45) is 0 Å². The summed E-state index contributed by atoms with van der Waals surface area (Å²) < 4.78 is 0. The Morgan fingerprint density at radius 1 is 1.45 bits per heavy atom. The van der Waals surface area contributed by atoms with Gasteiger partial charge >= 0.3 is 0 Å². The van der Waals surface area contributed by atoms with Gasteiger partial charge in [0.1, 0.15) is 0 Å². The summed E-state index contributed by atoms with van der Waals surface area (Å²) >= 11 is 1.81. The zero-order chi connectivity index (χ0) is 13.7. The molecule has 4 rings (SSSR count). The van der Waals surface area contributed by atoms with E-state index in [-0.39, 0.29) is 5.91 Å². The molecule has 1 aliphatic heterocycles. The highest BCUT2D eigenvalue weighted by Crippen LogP contribution is 2.45. The number of fused-ring (bicyclic) bond motifs is 1. The van der Waals surface area contributed by atoms with Crippen molar-refractivity contribution >= 4 is 34.6 Å². The number of aromatic nitrogens is 1. The van der Waals surface area contributed by atoms with Crippen molar-refractivity contribution in [3.63, 3.8) is 0 Å². The number of hydrogen-bond acceptors (Lipinski definition) is 3. The van der Waals surface area contributed by atoms with Crippen molar-refractivity contribution < 1.29 is 4.79 Å². The standard InChI is InChI=1S/C16H14N2OS/c1-9-7-14(10-4-5-10)20-13(9)8-11-15-12(18-16(11)19)3-2-6-17-15/h2-3,6-8,10H,4-5H2,1H3,(H,18,19). The van der Waals surface area contributed by atoms with Crippen LogP contribution >= 0.6 is 11.3 Å². The van der Waals surface area contributed by atoms with Gasteiger partial charge in [0.25, 0.3) is 5.91 Å². The predicted molar refractivity (Wildman–Crippen MR) is 81.8 cm³/mol. The van der Waals surface area contributed by atoms with Crippen LogP contribution in [0.1, 0.15) is 39.8 Å². The van der Waals surface area contributed by atoms with Gasteiger partial charge in [-0.05, 0) is 55.5 Å². The van der Waals surface area contributed by atoms with Crippen LogP contribution in [0.15, 0.2) is 24.4 Å². The van der Waals surface area contributed by atoms with Crippen LogP contribution in [0, 0.1) is 6.92 Å². The summed E-state index contributed by atoms with van der Waals surface area (Å²) in [5.41, 5.74) is 3.49. The number of pyridine rings is 1. The molecule has 0 atom stereocenters. The third kappa shape index (κ3) is 1.88. The second-order valence-corrected chi connectivity index (χ2v) is 6.50. The van der Waals surface area contributed by atoms with Crippen molar-refractivity contribution in [2.45, 2.75) is 25.7 Å². The zero-order valence-corrected chi connectivity index (χ0v) is 12.0. The average molecular weight is 282 g/mol. The fraction of sp³-hybridized carbons (Fsp3) is 0.250. The molecular weight excluding hydrogens is 268 g/mol. The molecule has 1 saturated carbocycles. The average Bonchev–Trinajstić information content (AvgIpc) is 3.16. The minimum absolute atomic E-state index is 0.0560. The molecule has 3 heterocycles. The number of rotatable bonds is 2.